The number of nitrogens with zero attached hydrogens (tertiary/aromatic N) is 4. The number of nitrogens with one attached hydrogen (secondary N) is 2. The Labute approximate surface area is 156 Å². The minimum absolute atomic E-state index is 0.0251. The molecule has 0 saturated carbocycles. The Morgan fingerprint density at radius 3 is 3.15 bits per heavy atom. The second kappa shape index (κ2) is 7.48. The lowest BCUT2D eigenvalue weighted by Gasteiger charge is -2.31. The van der Waals surface area contributed by atoms with Crippen molar-refractivity contribution >= 4 is 22.6 Å². The van der Waals surface area contributed by atoms with E-state index in [9.17, 15) is 9.18 Å². The lowest BCUT2D eigenvalue weighted by Crippen LogP contribution is -2.41. The summed E-state index contributed by atoms with van der Waals surface area (Å²) in [6.07, 6.45) is 6.38. The molecule has 3 aromatic rings. The second-order valence-electron chi connectivity index (χ2n) is 7.24. The first-order valence-electron chi connectivity index (χ1n) is 9.20. The van der Waals surface area contributed by atoms with E-state index >= 15 is 0 Å². The van der Waals surface area contributed by atoms with Crippen LogP contribution in [0, 0.1) is 11.7 Å². The van der Waals surface area contributed by atoms with Crippen LogP contribution in [-0.2, 0) is 18.3 Å². The maximum atomic E-state index is 13.3. The second-order valence-corrected chi connectivity index (χ2v) is 7.24. The standard InChI is InChI=1S/C19H23FN6O/c1-25-11-15(9-21-25)22-19(27)12-26-6-2-3-13(10-26)7-18-23-16-5-4-14(20)8-17(16)24-18/h4-5,8-9,11,13H,2-3,6-7,10,12H2,1H3,(H,22,27)(H,23,24)/t13-/m1/s1. The van der Waals surface area contributed by atoms with E-state index in [1.54, 1.807) is 23.1 Å². The molecule has 1 atom stereocenters. The minimum atomic E-state index is -0.263. The van der Waals surface area contributed by atoms with Crippen LogP contribution in [0.15, 0.2) is 30.6 Å². The van der Waals surface area contributed by atoms with Gasteiger partial charge in [-0.05, 0) is 43.5 Å². The molecule has 8 heteroatoms. The molecule has 1 aliphatic heterocycles. The summed E-state index contributed by atoms with van der Waals surface area (Å²) in [6, 6.07) is 4.60. The largest absolute Gasteiger partial charge is 0.342 e. The van der Waals surface area contributed by atoms with Crippen molar-refractivity contribution in [2.45, 2.75) is 19.3 Å². The van der Waals surface area contributed by atoms with E-state index in [4.69, 9.17) is 0 Å². The number of aryl methyl sites for hydroxylation is 1. The number of aromatic nitrogens is 4. The Balaban J connectivity index is 1.33. The highest BCUT2D eigenvalue weighted by molar-refractivity contribution is 5.91. The summed E-state index contributed by atoms with van der Waals surface area (Å²) in [7, 11) is 1.82. The Morgan fingerprint density at radius 2 is 2.33 bits per heavy atom. The molecule has 1 aromatic carbocycles. The molecule has 0 spiro atoms. The maximum Gasteiger partial charge on any atom is 0.238 e. The first-order valence-corrected chi connectivity index (χ1v) is 9.20. The molecule has 0 radical (unpaired) electrons. The zero-order valence-electron chi connectivity index (χ0n) is 15.3. The van der Waals surface area contributed by atoms with Crippen LogP contribution in [0.5, 0.6) is 0 Å². The predicted molar refractivity (Wildman–Crippen MR) is 101 cm³/mol. The van der Waals surface area contributed by atoms with Gasteiger partial charge in [0.2, 0.25) is 5.91 Å². The number of imidazole rings is 1. The first kappa shape index (κ1) is 17.7. The Morgan fingerprint density at radius 1 is 1.44 bits per heavy atom. The molecule has 4 rings (SSSR count). The van der Waals surface area contributed by atoms with Crippen LogP contribution in [0.3, 0.4) is 0 Å². The van der Waals surface area contributed by atoms with Crippen LogP contribution in [0.1, 0.15) is 18.7 Å². The van der Waals surface area contributed by atoms with E-state index in [0.29, 0.717) is 18.2 Å². The maximum absolute atomic E-state index is 13.3. The molecule has 1 fully saturated rings. The fourth-order valence-electron chi connectivity index (χ4n) is 3.76. The van der Waals surface area contributed by atoms with E-state index in [-0.39, 0.29) is 11.7 Å². The SMILES string of the molecule is Cn1cc(NC(=O)CN2CCC[C@H](Cc3nc4ccc(F)cc4[nH]3)C2)cn1. The van der Waals surface area contributed by atoms with E-state index in [1.807, 2.05) is 7.05 Å². The molecule has 1 aliphatic rings. The van der Waals surface area contributed by atoms with Gasteiger partial charge >= 0.3 is 0 Å². The number of amides is 1. The van der Waals surface area contributed by atoms with E-state index in [2.05, 4.69) is 25.3 Å². The lowest BCUT2D eigenvalue weighted by molar-refractivity contribution is -0.117. The van der Waals surface area contributed by atoms with Crippen molar-refractivity contribution < 1.29 is 9.18 Å². The molecule has 1 saturated heterocycles. The summed E-state index contributed by atoms with van der Waals surface area (Å²) in [5, 5.41) is 6.93. The molecule has 0 unspecified atom stereocenters. The molecular weight excluding hydrogens is 347 g/mol. The summed E-state index contributed by atoms with van der Waals surface area (Å²) in [6.45, 7) is 2.14. The van der Waals surface area contributed by atoms with E-state index < -0.39 is 0 Å². The highest BCUT2D eigenvalue weighted by atomic mass is 19.1. The first-order chi connectivity index (χ1) is 13.0. The molecule has 7 nitrogen and oxygen atoms in total. The van der Waals surface area contributed by atoms with Gasteiger partial charge in [-0.1, -0.05) is 0 Å². The Hall–Kier alpha value is -2.74. The zero-order valence-corrected chi connectivity index (χ0v) is 15.3. The Kier molecular flexibility index (Phi) is 4.89. The van der Waals surface area contributed by atoms with E-state index in [0.717, 1.165) is 49.2 Å². The van der Waals surface area contributed by atoms with Crippen LogP contribution >= 0.6 is 0 Å². The number of benzene rings is 1. The van der Waals surface area contributed by atoms with Crippen molar-refractivity contribution in [1.29, 1.82) is 0 Å². The van der Waals surface area contributed by atoms with Crippen LogP contribution in [-0.4, -0.2) is 50.2 Å². The molecule has 3 heterocycles. The summed E-state index contributed by atoms with van der Waals surface area (Å²) < 4.78 is 15.0. The topological polar surface area (TPSA) is 78.8 Å². The number of rotatable bonds is 5. The monoisotopic (exact) mass is 370 g/mol. The fraction of sp³-hybridized carbons (Fsp3) is 0.421. The van der Waals surface area contributed by atoms with Crippen LogP contribution in [0.25, 0.3) is 11.0 Å². The number of likely N-dealkylation sites (tertiary alicyclic amines) is 1. The van der Waals surface area contributed by atoms with Crippen molar-refractivity contribution in [3.63, 3.8) is 0 Å². The fourth-order valence-corrected chi connectivity index (χ4v) is 3.76. The van der Waals surface area contributed by atoms with Crippen LogP contribution in [0.4, 0.5) is 10.1 Å². The van der Waals surface area contributed by atoms with Crippen LogP contribution < -0.4 is 5.32 Å². The van der Waals surface area contributed by atoms with Crippen molar-refractivity contribution in [3.05, 3.63) is 42.2 Å². The van der Waals surface area contributed by atoms with Gasteiger partial charge in [0.05, 0.1) is 29.5 Å². The highest BCUT2D eigenvalue weighted by Crippen LogP contribution is 2.21. The average Bonchev–Trinajstić information content (AvgIpc) is 3.20. The van der Waals surface area contributed by atoms with Gasteiger partial charge in [0, 0.05) is 26.2 Å². The smallest absolute Gasteiger partial charge is 0.238 e. The number of carbonyl (C=O) groups excluding carboxylic acids is 1. The normalized spacial score (nSPS) is 18.1. The number of H-pyrrole nitrogens is 1. The van der Waals surface area contributed by atoms with Gasteiger partial charge in [-0.25, -0.2) is 9.37 Å². The number of anilines is 1. The predicted octanol–water partition coefficient (Wildman–Crippen LogP) is 2.33. The molecule has 27 heavy (non-hydrogen) atoms. The minimum Gasteiger partial charge on any atom is -0.342 e. The highest BCUT2D eigenvalue weighted by Gasteiger charge is 2.23. The van der Waals surface area contributed by atoms with Gasteiger partial charge in [0.25, 0.3) is 0 Å². The third-order valence-corrected chi connectivity index (χ3v) is 4.93. The summed E-state index contributed by atoms with van der Waals surface area (Å²) in [4.78, 5) is 22.2. The molecule has 2 N–H and O–H groups in total. The van der Waals surface area contributed by atoms with Gasteiger partial charge < -0.3 is 10.3 Å². The van der Waals surface area contributed by atoms with Crippen molar-refractivity contribution in [2.75, 3.05) is 25.0 Å². The third kappa shape index (κ3) is 4.33. The molecule has 1 amide bonds. The molecule has 142 valence electrons. The lowest BCUT2D eigenvalue weighted by atomic mass is 9.94. The molecule has 0 aliphatic carbocycles. The molecular formula is C19H23FN6O. The van der Waals surface area contributed by atoms with Gasteiger partial charge in [0.15, 0.2) is 0 Å². The summed E-state index contributed by atoms with van der Waals surface area (Å²) in [5.74, 6) is 1.02. The summed E-state index contributed by atoms with van der Waals surface area (Å²) in [5.41, 5.74) is 2.23. The number of hydrogen-bond donors (Lipinski definition) is 2. The van der Waals surface area contributed by atoms with Crippen molar-refractivity contribution in [2.24, 2.45) is 13.0 Å². The number of carbonyl (C=O) groups is 1. The third-order valence-electron chi connectivity index (χ3n) is 4.93. The van der Waals surface area contributed by atoms with Crippen molar-refractivity contribution in [1.82, 2.24) is 24.6 Å². The zero-order chi connectivity index (χ0) is 18.8. The number of halogens is 1. The number of fused-ring (bicyclic) bond motifs is 1. The quantitative estimate of drug-likeness (QED) is 0.723. The number of piperidine rings is 1. The van der Waals surface area contributed by atoms with Gasteiger partial charge in [-0.3, -0.25) is 14.4 Å². The van der Waals surface area contributed by atoms with Gasteiger partial charge in [0.1, 0.15) is 11.6 Å². The Bertz CT molecular complexity index is 949. The van der Waals surface area contributed by atoms with Gasteiger partial charge in [-0.15, -0.1) is 0 Å². The van der Waals surface area contributed by atoms with Crippen LogP contribution in [0.2, 0.25) is 0 Å². The summed E-state index contributed by atoms with van der Waals surface area (Å²) >= 11 is 0. The van der Waals surface area contributed by atoms with E-state index in [1.165, 1.54) is 12.1 Å². The molecule has 2 aromatic heterocycles. The van der Waals surface area contributed by atoms with Crippen molar-refractivity contribution in [3.8, 4) is 0 Å². The average molecular weight is 370 g/mol. The number of hydrogen-bond acceptors (Lipinski definition) is 4. The molecule has 0 bridgehead atoms. The van der Waals surface area contributed by atoms with Gasteiger partial charge in [-0.2, -0.15) is 5.10 Å². The number of aromatic amines is 1.